The summed E-state index contributed by atoms with van der Waals surface area (Å²) < 4.78 is 8.00. The number of benzene rings is 2. The van der Waals surface area contributed by atoms with E-state index >= 15 is 0 Å². The summed E-state index contributed by atoms with van der Waals surface area (Å²) in [7, 11) is 1.36. The highest BCUT2D eigenvalue weighted by Gasteiger charge is 2.29. The lowest BCUT2D eigenvalue weighted by molar-refractivity contribution is 0.0607. The van der Waals surface area contributed by atoms with Gasteiger partial charge in [0.05, 0.1) is 18.5 Å². The van der Waals surface area contributed by atoms with Crippen LogP contribution in [0.3, 0.4) is 0 Å². The molecule has 5 rings (SSSR count). The van der Waals surface area contributed by atoms with E-state index in [1.807, 2.05) is 98.2 Å². The van der Waals surface area contributed by atoms with Gasteiger partial charge in [0.1, 0.15) is 10.5 Å². The summed E-state index contributed by atoms with van der Waals surface area (Å²) in [5.74, 6) is -0.634. The van der Waals surface area contributed by atoms with Crippen molar-refractivity contribution in [1.29, 1.82) is 0 Å². The fourth-order valence-electron chi connectivity index (χ4n) is 4.44. The average molecular weight is 589 g/mol. The molecule has 0 fully saturated rings. The Hall–Kier alpha value is -3.75. The highest BCUT2D eigenvalue weighted by Crippen LogP contribution is 2.39. The van der Waals surface area contributed by atoms with Crippen molar-refractivity contribution in [2.24, 2.45) is 0 Å². The highest BCUT2D eigenvalue weighted by molar-refractivity contribution is 9.10. The van der Waals surface area contributed by atoms with Crippen LogP contribution in [0.15, 0.2) is 83.6 Å². The molecule has 0 radical (unpaired) electrons. The minimum Gasteiger partial charge on any atom is -0.465 e. The van der Waals surface area contributed by atoms with Crippen LogP contribution in [0.25, 0.3) is 27.3 Å². The largest absolute Gasteiger partial charge is 0.465 e. The quantitative estimate of drug-likeness (QED) is 0.191. The van der Waals surface area contributed by atoms with Crippen LogP contribution in [0, 0.1) is 6.92 Å². The molecule has 0 unspecified atom stereocenters. The Labute approximate surface area is 233 Å². The van der Waals surface area contributed by atoms with E-state index in [1.54, 1.807) is 11.0 Å². The Morgan fingerprint density at radius 2 is 1.76 bits per heavy atom. The number of pyridine rings is 1. The summed E-state index contributed by atoms with van der Waals surface area (Å²) in [5.41, 5.74) is 5.68. The van der Waals surface area contributed by atoms with Gasteiger partial charge in [0, 0.05) is 38.9 Å². The molecule has 0 aliphatic rings. The Morgan fingerprint density at radius 3 is 2.42 bits per heavy atom. The summed E-state index contributed by atoms with van der Waals surface area (Å²) in [4.78, 5) is 34.2. The van der Waals surface area contributed by atoms with Gasteiger partial charge in [-0.3, -0.25) is 4.79 Å². The number of thiophene rings is 1. The number of ether oxygens (including phenoxy) is 1. The molecule has 3 aromatic heterocycles. The molecule has 0 aliphatic carbocycles. The zero-order chi connectivity index (χ0) is 27.0. The van der Waals surface area contributed by atoms with Crippen molar-refractivity contribution in [2.75, 3.05) is 12.0 Å². The second-order valence-electron chi connectivity index (χ2n) is 9.21. The van der Waals surface area contributed by atoms with Crippen LogP contribution in [0.1, 0.15) is 39.4 Å². The molecule has 0 aliphatic heterocycles. The lowest BCUT2D eigenvalue weighted by Gasteiger charge is -2.27. The molecule has 0 spiro atoms. The van der Waals surface area contributed by atoms with E-state index in [-0.39, 0.29) is 11.9 Å². The number of esters is 1. The lowest BCUT2D eigenvalue weighted by Crippen LogP contribution is -2.38. The van der Waals surface area contributed by atoms with E-state index in [0.717, 1.165) is 37.4 Å². The summed E-state index contributed by atoms with van der Waals surface area (Å²) in [6.07, 6.45) is 3.97. The molecular formula is C30H26BrN3O3S. The fraction of sp³-hybridized carbons (Fsp3) is 0.167. The van der Waals surface area contributed by atoms with Crippen molar-refractivity contribution >= 4 is 50.5 Å². The molecule has 192 valence electrons. The Kier molecular flexibility index (Phi) is 7.19. The van der Waals surface area contributed by atoms with Gasteiger partial charge >= 0.3 is 5.97 Å². The van der Waals surface area contributed by atoms with Crippen molar-refractivity contribution in [1.82, 2.24) is 9.38 Å². The van der Waals surface area contributed by atoms with Crippen LogP contribution >= 0.6 is 27.3 Å². The van der Waals surface area contributed by atoms with E-state index in [9.17, 15) is 9.59 Å². The van der Waals surface area contributed by atoms with Crippen molar-refractivity contribution in [2.45, 2.75) is 26.8 Å². The van der Waals surface area contributed by atoms with Gasteiger partial charge < -0.3 is 14.0 Å². The first-order valence-corrected chi connectivity index (χ1v) is 13.7. The molecular weight excluding hydrogens is 562 g/mol. The van der Waals surface area contributed by atoms with E-state index < -0.39 is 5.97 Å². The molecule has 0 atom stereocenters. The molecule has 0 saturated carbocycles. The van der Waals surface area contributed by atoms with Gasteiger partial charge in [0.15, 0.2) is 0 Å². The molecule has 1 amide bonds. The third kappa shape index (κ3) is 4.89. The number of aromatic nitrogens is 2. The molecule has 0 N–H and O–H groups in total. The minimum absolute atomic E-state index is 0.165. The number of methoxy groups -OCH3 is 1. The van der Waals surface area contributed by atoms with Crippen LogP contribution in [0.4, 0.5) is 5.69 Å². The van der Waals surface area contributed by atoms with Crippen molar-refractivity contribution < 1.29 is 14.3 Å². The topological polar surface area (TPSA) is 63.9 Å². The zero-order valence-corrected chi connectivity index (χ0v) is 23.8. The second-order valence-corrected chi connectivity index (χ2v) is 11.2. The average Bonchev–Trinajstić information content (AvgIpc) is 3.53. The smallest absolute Gasteiger partial charge is 0.350 e. The predicted molar refractivity (Wildman–Crippen MR) is 156 cm³/mol. The van der Waals surface area contributed by atoms with Crippen LogP contribution in [-0.2, 0) is 4.74 Å². The van der Waals surface area contributed by atoms with E-state index in [1.165, 1.54) is 18.4 Å². The first-order valence-electron chi connectivity index (χ1n) is 12.1. The van der Waals surface area contributed by atoms with Crippen LogP contribution < -0.4 is 4.90 Å². The van der Waals surface area contributed by atoms with Gasteiger partial charge in [-0.15, -0.1) is 11.3 Å². The summed E-state index contributed by atoms with van der Waals surface area (Å²) in [5, 5.41) is 0. The Morgan fingerprint density at radius 1 is 1.03 bits per heavy atom. The van der Waals surface area contributed by atoms with Crippen LogP contribution in [-0.4, -0.2) is 34.4 Å². The predicted octanol–water partition coefficient (Wildman–Crippen LogP) is 7.64. The standard InChI is InChI=1S/C30H26BrN3O3S/c1-18(2)34(29(35)23-13-12-22(31)15-19(23)3)25-16-26(38-28(25)30(36)37-4)21-10-8-20(9-11-21)24-17-33-14-6-5-7-27(33)32-24/h5-18H,1-4H3. The molecule has 6 nitrogen and oxygen atoms in total. The first-order chi connectivity index (χ1) is 18.3. The number of amides is 1. The van der Waals surface area contributed by atoms with E-state index in [4.69, 9.17) is 9.72 Å². The summed E-state index contributed by atoms with van der Waals surface area (Å²) in [6, 6.07) is 21.3. The van der Waals surface area contributed by atoms with Gasteiger partial charge in [0.2, 0.25) is 0 Å². The number of aryl methyl sites for hydroxylation is 1. The number of hydrogen-bond acceptors (Lipinski definition) is 5. The third-order valence-corrected chi connectivity index (χ3v) is 7.97. The fourth-order valence-corrected chi connectivity index (χ4v) is 5.99. The van der Waals surface area contributed by atoms with E-state index in [2.05, 4.69) is 15.9 Å². The first kappa shape index (κ1) is 25.9. The van der Waals surface area contributed by atoms with Gasteiger partial charge in [-0.05, 0) is 68.3 Å². The zero-order valence-electron chi connectivity index (χ0n) is 21.4. The monoisotopic (exact) mass is 587 g/mol. The van der Waals surface area contributed by atoms with E-state index in [0.29, 0.717) is 16.1 Å². The van der Waals surface area contributed by atoms with Crippen molar-refractivity contribution in [3.05, 3.63) is 99.6 Å². The third-order valence-electron chi connectivity index (χ3n) is 6.33. The molecule has 2 aromatic carbocycles. The SMILES string of the molecule is COC(=O)c1sc(-c2ccc(-c3cn4ccccc4n3)cc2)cc1N(C(=O)c1ccc(Br)cc1C)C(C)C. The number of imidazole rings is 1. The number of nitrogens with zero attached hydrogens (tertiary/aromatic N) is 3. The van der Waals surface area contributed by atoms with Gasteiger partial charge in [-0.2, -0.15) is 0 Å². The maximum atomic E-state index is 13.8. The van der Waals surface area contributed by atoms with Gasteiger partial charge in [-0.25, -0.2) is 9.78 Å². The molecule has 38 heavy (non-hydrogen) atoms. The number of rotatable bonds is 6. The molecule has 5 aromatic rings. The second kappa shape index (κ2) is 10.6. The molecule has 0 bridgehead atoms. The number of anilines is 1. The minimum atomic E-state index is -0.469. The van der Waals surface area contributed by atoms with Crippen molar-refractivity contribution in [3.8, 4) is 21.7 Å². The van der Waals surface area contributed by atoms with Crippen LogP contribution in [0.2, 0.25) is 0 Å². The number of hydrogen-bond donors (Lipinski definition) is 0. The number of halogens is 1. The Balaban J connectivity index is 1.53. The maximum absolute atomic E-state index is 13.8. The number of carbonyl (C=O) groups excluding carboxylic acids is 2. The maximum Gasteiger partial charge on any atom is 0.350 e. The highest BCUT2D eigenvalue weighted by atomic mass is 79.9. The van der Waals surface area contributed by atoms with Gasteiger partial charge in [0.25, 0.3) is 5.91 Å². The van der Waals surface area contributed by atoms with Crippen LogP contribution in [0.5, 0.6) is 0 Å². The van der Waals surface area contributed by atoms with Crippen molar-refractivity contribution in [3.63, 3.8) is 0 Å². The number of carbonyl (C=O) groups is 2. The number of fused-ring (bicyclic) bond motifs is 1. The molecule has 3 heterocycles. The summed E-state index contributed by atoms with van der Waals surface area (Å²) >= 11 is 4.78. The molecule has 8 heteroatoms. The summed E-state index contributed by atoms with van der Waals surface area (Å²) in [6.45, 7) is 5.78. The normalized spacial score (nSPS) is 11.2. The molecule has 0 saturated heterocycles. The Bertz CT molecular complexity index is 1620. The van der Waals surface area contributed by atoms with Gasteiger partial charge in [-0.1, -0.05) is 46.3 Å². The lowest BCUT2D eigenvalue weighted by atomic mass is 10.1.